The molecule has 2 aromatic heterocycles. The van der Waals surface area contributed by atoms with E-state index in [4.69, 9.17) is 14.2 Å². The molecule has 0 fully saturated rings. The molecule has 170 valence electrons. The van der Waals surface area contributed by atoms with Crippen LogP contribution in [0, 0.1) is 5.92 Å². The zero-order valence-corrected chi connectivity index (χ0v) is 19.4. The van der Waals surface area contributed by atoms with Gasteiger partial charge in [0.05, 0.1) is 29.6 Å². The minimum Gasteiger partial charge on any atom is -0.493 e. The summed E-state index contributed by atoms with van der Waals surface area (Å²) >= 11 is 1.42. The van der Waals surface area contributed by atoms with Crippen molar-refractivity contribution in [3.05, 3.63) is 76.2 Å². The number of carbonyl (C=O) groups excluding carboxylic acids is 1. The fraction of sp³-hybridized carbons (Fsp3) is 0.240. The second kappa shape index (κ2) is 9.87. The molecule has 0 atom stereocenters. The third-order valence-corrected chi connectivity index (χ3v) is 5.80. The van der Waals surface area contributed by atoms with Crippen LogP contribution < -0.4 is 15.0 Å². The van der Waals surface area contributed by atoms with Gasteiger partial charge in [-0.1, -0.05) is 43.4 Å². The van der Waals surface area contributed by atoms with Gasteiger partial charge < -0.3 is 14.2 Å². The van der Waals surface area contributed by atoms with Crippen molar-refractivity contribution in [3.8, 4) is 11.5 Å². The Labute approximate surface area is 194 Å². The number of hydrogen-bond acceptors (Lipinski definition) is 7. The van der Waals surface area contributed by atoms with E-state index in [1.54, 1.807) is 23.7 Å². The molecule has 0 aliphatic heterocycles. The molecule has 8 heteroatoms. The van der Waals surface area contributed by atoms with Crippen molar-refractivity contribution in [2.45, 2.75) is 20.5 Å². The third kappa shape index (κ3) is 5.23. The molecular weight excluding hydrogens is 440 g/mol. The largest absolute Gasteiger partial charge is 0.493 e. The average molecular weight is 465 g/mol. The Bertz CT molecular complexity index is 1390. The molecule has 0 N–H and O–H groups in total. The number of nitrogens with zero attached hydrogens (tertiary/aromatic N) is 2. The summed E-state index contributed by atoms with van der Waals surface area (Å²) in [6.07, 6.45) is 2.96. The average Bonchev–Trinajstić information content (AvgIpc) is 3.19. The number of aromatic nitrogens is 2. The maximum absolute atomic E-state index is 12.6. The zero-order chi connectivity index (χ0) is 23.4. The van der Waals surface area contributed by atoms with Gasteiger partial charge in [0, 0.05) is 12.1 Å². The van der Waals surface area contributed by atoms with Gasteiger partial charge in [-0.15, -0.1) is 0 Å². The van der Waals surface area contributed by atoms with E-state index in [0.29, 0.717) is 34.7 Å². The van der Waals surface area contributed by atoms with Crippen LogP contribution in [0.4, 0.5) is 0 Å². The number of benzene rings is 2. The Morgan fingerprint density at radius 3 is 2.76 bits per heavy atom. The first-order chi connectivity index (χ1) is 15.9. The van der Waals surface area contributed by atoms with E-state index in [1.165, 1.54) is 23.5 Å². The quantitative estimate of drug-likeness (QED) is 0.278. The SMILES string of the molecule is COc1cc(C=CC(=O)OCc2cc(=O)n3c(n2)sc2ccccc23)ccc1OCC(C)C. The summed E-state index contributed by atoms with van der Waals surface area (Å²) in [7, 11) is 1.57. The maximum Gasteiger partial charge on any atom is 0.331 e. The Kier molecular flexibility index (Phi) is 6.74. The van der Waals surface area contributed by atoms with Crippen LogP contribution >= 0.6 is 11.3 Å². The lowest BCUT2D eigenvalue weighted by Crippen LogP contribution is -2.14. The predicted octanol–water partition coefficient (Wildman–Crippen LogP) is 4.71. The van der Waals surface area contributed by atoms with Crippen molar-refractivity contribution < 1.29 is 19.0 Å². The standard InChI is InChI=1S/C25H24N2O5S/c1-16(2)14-31-20-10-8-17(12-21(20)30-3)9-11-24(29)32-15-18-13-23(28)27-19-6-4-5-7-22(19)33-25(27)26-18/h4-13,16H,14-15H2,1-3H3. The molecule has 2 aromatic carbocycles. The second-order valence-electron chi connectivity index (χ2n) is 7.83. The molecule has 0 saturated carbocycles. The molecule has 0 spiro atoms. The van der Waals surface area contributed by atoms with Gasteiger partial charge in [-0.3, -0.25) is 9.20 Å². The highest BCUT2D eigenvalue weighted by molar-refractivity contribution is 7.23. The maximum atomic E-state index is 12.6. The molecule has 0 aliphatic carbocycles. The molecule has 0 bridgehead atoms. The summed E-state index contributed by atoms with van der Waals surface area (Å²) in [5.41, 5.74) is 1.79. The number of rotatable bonds is 8. The van der Waals surface area contributed by atoms with Crippen molar-refractivity contribution in [1.29, 1.82) is 0 Å². The second-order valence-corrected chi connectivity index (χ2v) is 8.84. The number of hydrogen-bond donors (Lipinski definition) is 0. The number of esters is 1. The number of carbonyl (C=O) groups is 1. The number of ether oxygens (including phenoxy) is 3. The molecule has 0 unspecified atom stereocenters. The fourth-order valence-electron chi connectivity index (χ4n) is 3.22. The summed E-state index contributed by atoms with van der Waals surface area (Å²) in [6, 6.07) is 14.4. The molecule has 33 heavy (non-hydrogen) atoms. The smallest absolute Gasteiger partial charge is 0.331 e. The Balaban J connectivity index is 1.42. The first-order valence-electron chi connectivity index (χ1n) is 10.5. The predicted molar refractivity (Wildman–Crippen MR) is 129 cm³/mol. The molecule has 0 aliphatic rings. The van der Waals surface area contributed by atoms with Crippen LogP contribution in [0.5, 0.6) is 11.5 Å². The Morgan fingerprint density at radius 1 is 1.15 bits per heavy atom. The Morgan fingerprint density at radius 2 is 1.97 bits per heavy atom. The summed E-state index contributed by atoms with van der Waals surface area (Å²) < 4.78 is 18.9. The highest BCUT2D eigenvalue weighted by atomic mass is 32.1. The highest BCUT2D eigenvalue weighted by Crippen LogP contribution is 2.29. The van der Waals surface area contributed by atoms with Gasteiger partial charge in [0.1, 0.15) is 6.61 Å². The molecule has 0 amide bonds. The van der Waals surface area contributed by atoms with Gasteiger partial charge >= 0.3 is 5.97 Å². The molecule has 7 nitrogen and oxygen atoms in total. The monoisotopic (exact) mass is 464 g/mol. The third-order valence-electron chi connectivity index (χ3n) is 4.78. The summed E-state index contributed by atoms with van der Waals surface area (Å²) in [5, 5.41) is 0. The van der Waals surface area contributed by atoms with Gasteiger partial charge in [0.2, 0.25) is 0 Å². The lowest BCUT2D eigenvalue weighted by molar-refractivity contribution is -0.139. The number of thiazole rings is 1. The molecule has 0 saturated heterocycles. The van der Waals surface area contributed by atoms with Crippen molar-refractivity contribution in [1.82, 2.24) is 9.38 Å². The van der Waals surface area contributed by atoms with E-state index in [2.05, 4.69) is 18.8 Å². The van der Waals surface area contributed by atoms with E-state index in [1.807, 2.05) is 36.4 Å². The topological polar surface area (TPSA) is 79.1 Å². The number of para-hydroxylation sites is 1. The van der Waals surface area contributed by atoms with Crippen LogP contribution in [-0.4, -0.2) is 29.1 Å². The molecular formula is C25H24N2O5S. The lowest BCUT2D eigenvalue weighted by Gasteiger charge is -2.12. The lowest BCUT2D eigenvalue weighted by atomic mass is 10.2. The van der Waals surface area contributed by atoms with E-state index in [0.717, 1.165) is 15.8 Å². The Hall–Kier alpha value is -3.65. The normalized spacial score (nSPS) is 11.5. The first-order valence-corrected chi connectivity index (χ1v) is 11.3. The van der Waals surface area contributed by atoms with Gasteiger partial charge in [0.25, 0.3) is 5.56 Å². The molecule has 4 rings (SSSR count). The summed E-state index contributed by atoms with van der Waals surface area (Å²) in [5.74, 6) is 1.11. The van der Waals surface area contributed by atoms with Gasteiger partial charge in [-0.05, 0) is 41.8 Å². The molecule has 4 aromatic rings. The number of fused-ring (bicyclic) bond motifs is 3. The molecule has 2 heterocycles. The van der Waals surface area contributed by atoms with Gasteiger partial charge in [-0.2, -0.15) is 0 Å². The first kappa shape index (κ1) is 22.5. The van der Waals surface area contributed by atoms with Crippen molar-refractivity contribution >= 4 is 38.6 Å². The van der Waals surface area contributed by atoms with Gasteiger partial charge in [-0.25, -0.2) is 9.78 Å². The van der Waals surface area contributed by atoms with Crippen LogP contribution in [0.3, 0.4) is 0 Å². The van der Waals surface area contributed by atoms with Crippen LogP contribution in [0.25, 0.3) is 21.3 Å². The van der Waals surface area contributed by atoms with Crippen LogP contribution in [-0.2, 0) is 16.1 Å². The van der Waals surface area contributed by atoms with E-state index in [9.17, 15) is 9.59 Å². The molecule has 0 radical (unpaired) electrons. The van der Waals surface area contributed by atoms with E-state index < -0.39 is 5.97 Å². The summed E-state index contributed by atoms with van der Waals surface area (Å²) in [4.78, 5) is 29.8. The van der Waals surface area contributed by atoms with Crippen molar-refractivity contribution in [2.75, 3.05) is 13.7 Å². The number of methoxy groups -OCH3 is 1. The summed E-state index contributed by atoms with van der Waals surface area (Å²) in [6.45, 7) is 4.64. The van der Waals surface area contributed by atoms with Crippen LogP contribution in [0.2, 0.25) is 0 Å². The van der Waals surface area contributed by atoms with Crippen molar-refractivity contribution in [2.24, 2.45) is 5.92 Å². The fourth-order valence-corrected chi connectivity index (χ4v) is 4.27. The zero-order valence-electron chi connectivity index (χ0n) is 18.6. The van der Waals surface area contributed by atoms with E-state index >= 15 is 0 Å². The van der Waals surface area contributed by atoms with Gasteiger partial charge in [0.15, 0.2) is 16.5 Å². The van der Waals surface area contributed by atoms with Crippen molar-refractivity contribution in [3.63, 3.8) is 0 Å². The minimum atomic E-state index is -0.535. The van der Waals surface area contributed by atoms with Crippen LogP contribution in [0.1, 0.15) is 25.1 Å². The van der Waals surface area contributed by atoms with E-state index in [-0.39, 0.29) is 12.2 Å². The minimum absolute atomic E-state index is 0.0888. The van der Waals surface area contributed by atoms with Crippen LogP contribution in [0.15, 0.2) is 59.4 Å². The highest BCUT2D eigenvalue weighted by Gasteiger charge is 2.11.